The largest absolute Gasteiger partial charge is 0.491 e. The lowest BCUT2D eigenvalue weighted by Crippen LogP contribution is -2.40. The molecule has 1 aromatic heterocycles. The van der Waals surface area contributed by atoms with E-state index in [0.717, 1.165) is 17.2 Å². The summed E-state index contributed by atoms with van der Waals surface area (Å²) in [5.74, 6) is 0.880. The monoisotopic (exact) mass is 332 g/mol. The van der Waals surface area contributed by atoms with Crippen LogP contribution in [0.15, 0.2) is 35.8 Å². The third kappa shape index (κ3) is 4.79. The quantitative estimate of drug-likeness (QED) is 0.843. The zero-order valence-electron chi connectivity index (χ0n) is 14.1. The Labute approximate surface area is 141 Å². The maximum absolute atomic E-state index is 12.4. The minimum atomic E-state index is -0.594. The fourth-order valence-electron chi connectivity index (χ4n) is 2.18. The number of ether oxygens (including phenoxy) is 1. The molecule has 4 nitrogen and oxygen atoms in total. The molecule has 0 saturated carbocycles. The second-order valence-corrected chi connectivity index (χ2v) is 7.17. The highest BCUT2D eigenvalue weighted by Gasteiger charge is 2.31. The molecule has 124 valence electrons. The number of amides is 1. The fraction of sp³-hybridized carbons (Fsp3) is 0.444. The van der Waals surface area contributed by atoms with Crippen LogP contribution in [0.5, 0.6) is 5.75 Å². The number of nitrogens with zero attached hydrogens (tertiary/aromatic N) is 1. The van der Waals surface area contributed by atoms with Gasteiger partial charge in [0.1, 0.15) is 10.8 Å². The van der Waals surface area contributed by atoms with Gasteiger partial charge in [-0.3, -0.25) is 4.79 Å². The molecule has 0 atom stereocenters. The van der Waals surface area contributed by atoms with Gasteiger partial charge in [-0.15, -0.1) is 11.3 Å². The second-order valence-electron chi connectivity index (χ2n) is 6.28. The molecule has 0 aliphatic carbocycles. The van der Waals surface area contributed by atoms with Crippen LogP contribution in [-0.2, 0) is 16.6 Å². The van der Waals surface area contributed by atoms with Gasteiger partial charge in [0.2, 0.25) is 5.91 Å². The predicted molar refractivity (Wildman–Crippen MR) is 94.1 cm³/mol. The van der Waals surface area contributed by atoms with Crippen LogP contribution >= 0.6 is 11.3 Å². The van der Waals surface area contributed by atoms with E-state index in [9.17, 15) is 4.79 Å². The highest BCUT2D eigenvalue weighted by Crippen LogP contribution is 2.25. The molecule has 0 aliphatic heterocycles. The van der Waals surface area contributed by atoms with E-state index in [2.05, 4.69) is 10.3 Å². The van der Waals surface area contributed by atoms with E-state index in [1.807, 2.05) is 57.3 Å². The molecule has 1 aromatic carbocycles. The summed E-state index contributed by atoms with van der Waals surface area (Å²) < 4.78 is 5.62. The van der Waals surface area contributed by atoms with E-state index in [-0.39, 0.29) is 12.0 Å². The Morgan fingerprint density at radius 3 is 2.57 bits per heavy atom. The van der Waals surface area contributed by atoms with Crippen molar-refractivity contribution >= 4 is 17.2 Å². The zero-order chi connectivity index (χ0) is 16.9. The van der Waals surface area contributed by atoms with Crippen molar-refractivity contribution in [3.8, 4) is 5.75 Å². The molecule has 0 bridgehead atoms. The molecular formula is C18H24N2O2S. The molecule has 0 radical (unpaired) electrons. The van der Waals surface area contributed by atoms with Crippen molar-refractivity contribution in [3.63, 3.8) is 0 Å². The molecule has 1 amide bonds. The van der Waals surface area contributed by atoms with Crippen molar-refractivity contribution < 1.29 is 9.53 Å². The first-order chi connectivity index (χ1) is 10.9. The number of aromatic nitrogens is 1. The van der Waals surface area contributed by atoms with Crippen LogP contribution in [0.1, 0.15) is 38.3 Å². The van der Waals surface area contributed by atoms with Crippen molar-refractivity contribution in [2.24, 2.45) is 0 Å². The Morgan fingerprint density at radius 2 is 2.00 bits per heavy atom. The lowest BCUT2D eigenvalue weighted by atomic mass is 9.93. The Bertz CT molecular complexity index is 619. The molecule has 23 heavy (non-hydrogen) atoms. The van der Waals surface area contributed by atoms with Crippen LogP contribution in [0.4, 0.5) is 0 Å². The van der Waals surface area contributed by atoms with Gasteiger partial charge in [0, 0.05) is 18.1 Å². The van der Waals surface area contributed by atoms with Gasteiger partial charge >= 0.3 is 0 Å². The molecule has 2 aromatic rings. The number of carbonyl (C=O) groups is 1. The van der Waals surface area contributed by atoms with E-state index < -0.39 is 5.41 Å². The van der Waals surface area contributed by atoms with Crippen LogP contribution < -0.4 is 10.1 Å². The lowest BCUT2D eigenvalue weighted by Gasteiger charge is -2.21. The summed E-state index contributed by atoms with van der Waals surface area (Å²) in [5, 5.41) is 5.74. The van der Waals surface area contributed by atoms with E-state index in [4.69, 9.17) is 4.74 Å². The van der Waals surface area contributed by atoms with Gasteiger partial charge in [-0.1, -0.05) is 12.1 Å². The van der Waals surface area contributed by atoms with Crippen LogP contribution in [-0.4, -0.2) is 23.5 Å². The van der Waals surface area contributed by atoms with Crippen molar-refractivity contribution in [2.75, 3.05) is 6.54 Å². The molecule has 0 spiro atoms. The first-order valence-corrected chi connectivity index (χ1v) is 8.71. The Balaban J connectivity index is 1.84. The third-order valence-corrected chi connectivity index (χ3v) is 4.63. The van der Waals surface area contributed by atoms with Gasteiger partial charge in [-0.25, -0.2) is 4.98 Å². The number of carbonyl (C=O) groups excluding carboxylic acids is 1. The van der Waals surface area contributed by atoms with Crippen molar-refractivity contribution in [1.82, 2.24) is 10.3 Å². The van der Waals surface area contributed by atoms with E-state index >= 15 is 0 Å². The van der Waals surface area contributed by atoms with Gasteiger partial charge in [-0.05, 0) is 51.8 Å². The Morgan fingerprint density at radius 1 is 1.30 bits per heavy atom. The zero-order valence-corrected chi connectivity index (χ0v) is 14.9. The SMILES string of the molecule is CC(C)Oc1ccc(CCNC(=O)C(C)(C)c2nccs2)cc1. The van der Waals surface area contributed by atoms with Crippen LogP contribution in [0.3, 0.4) is 0 Å². The molecule has 1 heterocycles. The Hall–Kier alpha value is -1.88. The van der Waals surface area contributed by atoms with Crippen molar-refractivity contribution in [2.45, 2.75) is 45.6 Å². The summed E-state index contributed by atoms with van der Waals surface area (Å²) in [6, 6.07) is 8.01. The molecule has 0 fully saturated rings. The van der Waals surface area contributed by atoms with Gasteiger partial charge in [0.25, 0.3) is 0 Å². The van der Waals surface area contributed by atoms with E-state index in [1.165, 1.54) is 16.9 Å². The predicted octanol–water partition coefficient (Wildman–Crippen LogP) is 3.57. The summed E-state index contributed by atoms with van der Waals surface area (Å²) in [6.45, 7) is 8.43. The highest BCUT2D eigenvalue weighted by atomic mass is 32.1. The number of nitrogens with one attached hydrogen (secondary N) is 1. The van der Waals surface area contributed by atoms with Gasteiger partial charge < -0.3 is 10.1 Å². The minimum absolute atomic E-state index is 0.00668. The average molecular weight is 332 g/mol. The minimum Gasteiger partial charge on any atom is -0.491 e. The third-order valence-electron chi connectivity index (χ3n) is 3.53. The maximum Gasteiger partial charge on any atom is 0.232 e. The number of hydrogen-bond donors (Lipinski definition) is 1. The highest BCUT2D eigenvalue weighted by molar-refractivity contribution is 7.09. The van der Waals surface area contributed by atoms with Gasteiger partial charge in [0.15, 0.2) is 0 Å². The summed E-state index contributed by atoms with van der Waals surface area (Å²) in [6.07, 6.45) is 2.70. The molecule has 0 unspecified atom stereocenters. The fourth-order valence-corrected chi connectivity index (χ4v) is 2.94. The van der Waals surface area contributed by atoms with E-state index in [0.29, 0.717) is 6.54 Å². The van der Waals surface area contributed by atoms with Crippen LogP contribution in [0.2, 0.25) is 0 Å². The standard InChI is InChI=1S/C18H24N2O2S/c1-13(2)22-15-7-5-14(6-8-15)9-10-19-16(21)18(3,4)17-20-11-12-23-17/h5-8,11-13H,9-10H2,1-4H3,(H,19,21). The van der Waals surface area contributed by atoms with Gasteiger partial charge in [-0.2, -0.15) is 0 Å². The van der Waals surface area contributed by atoms with E-state index in [1.54, 1.807) is 6.20 Å². The Kier molecular flexibility index (Phi) is 5.77. The molecule has 2 rings (SSSR count). The molecular weight excluding hydrogens is 308 g/mol. The molecule has 1 N–H and O–H groups in total. The number of rotatable bonds is 7. The topological polar surface area (TPSA) is 51.2 Å². The van der Waals surface area contributed by atoms with Gasteiger partial charge in [0.05, 0.1) is 11.5 Å². The van der Waals surface area contributed by atoms with Crippen molar-refractivity contribution in [1.29, 1.82) is 0 Å². The lowest BCUT2D eigenvalue weighted by molar-refractivity contribution is -0.125. The van der Waals surface area contributed by atoms with Crippen molar-refractivity contribution in [3.05, 3.63) is 46.4 Å². The summed E-state index contributed by atoms with van der Waals surface area (Å²) in [4.78, 5) is 16.6. The summed E-state index contributed by atoms with van der Waals surface area (Å²) in [7, 11) is 0. The van der Waals surface area contributed by atoms with Crippen LogP contribution in [0.25, 0.3) is 0 Å². The smallest absolute Gasteiger partial charge is 0.232 e. The first-order valence-electron chi connectivity index (χ1n) is 7.83. The number of hydrogen-bond acceptors (Lipinski definition) is 4. The maximum atomic E-state index is 12.4. The second kappa shape index (κ2) is 7.59. The molecule has 5 heteroatoms. The first kappa shape index (κ1) is 17.5. The molecule has 0 saturated heterocycles. The summed E-state index contributed by atoms with van der Waals surface area (Å²) in [5.41, 5.74) is 0.580. The number of benzene rings is 1. The summed E-state index contributed by atoms with van der Waals surface area (Å²) >= 11 is 1.51. The normalized spacial score (nSPS) is 11.5. The molecule has 0 aliphatic rings. The number of thiazole rings is 1. The van der Waals surface area contributed by atoms with Crippen LogP contribution in [0, 0.1) is 0 Å². The average Bonchev–Trinajstić information content (AvgIpc) is 3.03.